The van der Waals surface area contributed by atoms with Gasteiger partial charge in [-0.1, -0.05) is 20.3 Å². The lowest BCUT2D eigenvalue weighted by atomic mass is 10.1. The van der Waals surface area contributed by atoms with E-state index in [1.807, 2.05) is 13.8 Å². The average Bonchev–Trinajstić information content (AvgIpc) is 2.40. The van der Waals surface area contributed by atoms with Crippen molar-refractivity contribution in [2.75, 3.05) is 18.5 Å². The number of hydrogen-bond donors (Lipinski definition) is 1. The topological polar surface area (TPSA) is 47.0 Å². The summed E-state index contributed by atoms with van der Waals surface area (Å²) in [5.41, 5.74) is 2.16. The number of aromatic nitrogens is 2. The van der Waals surface area contributed by atoms with Gasteiger partial charge >= 0.3 is 0 Å². The Balaban J connectivity index is 3.01. The minimum absolute atomic E-state index is 0.0106. The molecule has 19 heavy (non-hydrogen) atoms. The Hall–Kier alpha value is -1.16. The highest BCUT2D eigenvalue weighted by Crippen LogP contribution is 2.23. The van der Waals surface area contributed by atoms with Crippen molar-refractivity contribution in [3.8, 4) is 0 Å². The molecule has 0 saturated carbocycles. The lowest BCUT2D eigenvalue weighted by Crippen LogP contribution is -2.14. The van der Waals surface area contributed by atoms with Crippen molar-refractivity contribution in [2.24, 2.45) is 0 Å². The molecule has 4 nitrogen and oxygen atoms in total. The number of nitrogens with one attached hydrogen (secondary N) is 1. The van der Waals surface area contributed by atoms with E-state index in [1.165, 1.54) is 0 Å². The first-order valence-corrected chi connectivity index (χ1v) is 7.34. The van der Waals surface area contributed by atoms with Gasteiger partial charge in [-0.3, -0.25) is 0 Å². The predicted octanol–water partition coefficient (Wildman–Crippen LogP) is 3.79. The zero-order chi connectivity index (χ0) is 14.3. The molecule has 1 atom stereocenters. The molecule has 0 aliphatic heterocycles. The molecule has 0 aromatic carbocycles. The number of ether oxygens (including phenoxy) is 1. The van der Waals surface area contributed by atoms with Gasteiger partial charge in [0.25, 0.3) is 0 Å². The highest BCUT2D eigenvalue weighted by atomic mass is 16.5. The molecule has 4 heteroatoms. The minimum Gasteiger partial charge on any atom is -0.371 e. The van der Waals surface area contributed by atoms with Crippen LogP contribution >= 0.6 is 0 Å². The summed E-state index contributed by atoms with van der Waals surface area (Å²) in [5.74, 6) is 1.76. The second-order valence-electron chi connectivity index (χ2n) is 4.80. The molecule has 108 valence electrons. The molecule has 1 N–H and O–H groups in total. The van der Waals surface area contributed by atoms with Crippen molar-refractivity contribution in [1.82, 2.24) is 9.97 Å². The summed E-state index contributed by atoms with van der Waals surface area (Å²) in [4.78, 5) is 9.26. The number of rotatable bonds is 8. The van der Waals surface area contributed by atoms with E-state index in [0.29, 0.717) is 6.61 Å². The third kappa shape index (κ3) is 4.46. The van der Waals surface area contributed by atoms with Gasteiger partial charge in [-0.2, -0.15) is 0 Å². The summed E-state index contributed by atoms with van der Waals surface area (Å²) >= 11 is 0. The van der Waals surface area contributed by atoms with Crippen LogP contribution in [0.3, 0.4) is 0 Å². The number of hydrogen-bond acceptors (Lipinski definition) is 4. The molecular weight excluding hydrogens is 238 g/mol. The van der Waals surface area contributed by atoms with Gasteiger partial charge in [-0.05, 0) is 33.6 Å². The molecule has 1 aromatic rings. The fourth-order valence-corrected chi connectivity index (χ4v) is 1.96. The van der Waals surface area contributed by atoms with Crippen LogP contribution in [0.1, 0.15) is 63.2 Å². The fraction of sp³-hybridized carbons (Fsp3) is 0.733. The van der Waals surface area contributed by atoms with Crippen LogP contribution < -0.4 is 5.32 Å². The molecular formula is C15H27N3O. The van der Waals surface area contributed by atoms with Crippen molar-refractivity contribution >= 4 is 5.82 Å². The standard InChI is InChI=1S/C15H27N3O/c1-6-9-13(19-8-3)15-17-12(5)11(4)14(18-15)16-10-7-2/h13H,6-10H2,1-5H3,(H,16,17,18). The smallest absolute Gasteiger partial charge is 0.159 e. The Morgan fingerprint density at radius 3 is 2.42 bits per heavy atom. The lowest BCUT2D eigenvalue weighted by molar-refractivity contribution is 0.0493. The second kappa shape index (κ2) is 8.10. The van der Waals surface area contributed by atoms with Crippen LogP contribution in [0, 0.1) is 13.8 Å². The van der Waals surface area contributed by atoms with E-state index in [2.05, 4.69) is 36.1 Å². The van der Waals surface area contributed by atoms with Crippen LogP contribution in [0.5, 0.6) is 0 Å². The summed E-state index contributed by atoms with van der Waals surface area (Å²) < 4.78 is 5.77. The molecule has 0 fully saturated rings. The van der Waals surface area contributed by atoms with E-state index in [-0.39, 0.29) is 6.10 Å². The highest BCUT2D eigenvalue weighted by molar-refractivity contribution is 5.45. The largest absolute Gasteiger partial charge is 0.371 e. The summed E-state index contributed by atoms with van der Waals surface area (Å²) in [7, 11) is 0. The minimum atomic E-state index is 0.0106. The van der Waals surface area contributed by atoms with Crippen LogP contribution in [0.15, 0.2) is 0 Å². The van der Waals surface area contributed by atoms with Crippen LogP contribution in [-0.4, -0.2) is 23.1 Å². The van der Waals surface area contributed by atoms with E-state index in [4.69, 9.17) is 4.74 Å². The highest BCUT2D eigenvalue weighted by Gasteiger charge is 2.17. The predicted molar refractivity (Wildman–Crippen MR) is 79.6 cm³/mol. The Labute approximate surface area is 117 Å². The molecule has 0 aliphatic rings. The number of anilines is 1. The van der Waals surface area contributed by atoms with E-state index in [0.717, 1.165) is 48.7 Å². The van der Waals surface area contributed by atoms with Gasteiger partial charge in [0.2, 0.25) is 0 Å². The van der Waals surface area contributed by atoms with Gasteiger partial charge in [0.1, 0.15) is 11.9 Å². The summed E-state index contributed by atoms with van der Waals surface area (Å²) in [6.45, 7) is 12.0. The van der Waals surface area contributed by atoms with Gasteiger partial charge in [0.15, 0.2) is 5.82 Å². The SMILES string of the molecule is CCCNc1nc(C(CCC)OCC)nc(C)c1C. The number of nitrogens with zero attached hydrogens (tertiary/aromatic N) is 2. The Morgan fingerprint density at radius 1 is 1.11 bits per heavy atom. The first kappa shape index (κ1) is 15.9. The maximum absolute atomic E-state index is 5.77. The van der Waals surface area contributed by atoms with Gasteiger partial charge in [-0.25, -0.2) is 9.97 Å². The molecule has 0 saturated heterocycles. The van der Waals surface area contributed by atoms with E-state index in [9.17, 15) is 0 Å². The Morgan fingerprint density at radius 2 is 1.84 bits per heavy atom. The van der Waals surface area contributed by atoms with E-state index < -0.39 is 0 Å². The van der Waals surface area contributed by atoms with Crippen molar-refractivity contribution in [1.29, 1.82) is 0 Å². The molecule has 0 bridgehead atoms. The maximum atomic E-state index is 5.77. The first-order chi connectivity index (χ1) is 9.13. The summed E-state index contributed by atoms with van der Waals surface area (Å²) in [5, 5.41) is 3.38. The lowest BCUT2D eigenvalue weighted by Gasteiger charge is -2.18. The van der Waals surface area contributed by atoms with Crippen molar-refractivity contribution < 1.29 is 4.74 Å². The third-order valence-corrected chi connectivity index (χ3v) is 3.16. The third-order valence-electron chi connectivity index (χ3n) is 3.16. The van der Waals surface area contributed by atoms with E-state index in [1.54, 1.807) is 0 Å². The molecule has 1 heterocycles. The Kier molecular flexibility index (Phi) is 6.78. The van der Waals surface area contributed by atoms with Crippen LogP contribution in [0.2, 0.25) is 0 Å². The monoisotopic (exact) mass is 265 g/mol. The molecule has 0 radical (unpaired) electrons. The molecule has 1 aromatic heterocycles. The van der Waals surface area contributed by atoms with Crippen molar-refractivity contribution in [3.63, 3.8) is 0 Å². The van der Waals surface area contributed by atoms with Gasteiger partial charge < -0.3 is 10.1 Å². The normalized spacial score (nSPS) is 12.5. The quantitative estimate of drug-likeness (QED) is 0.776. The Bertz CT molecular complexity index is 387. The average molecular weight is 265 g/mol. The maximum Gasteiger partial charge on any atom is 0.159 e. The zero-order valence-corrected chi connectivity index (χ0v) is 12.9. The number of aryl methyl sites for hydroxylation is 1. The van der Waals surface area contributed by atoms with Crippen LogP contribution in [0.4, 0.5) is 5.82 Å². The summed E-state index contributed by atoms with van der Waals surface area (Å²) in [6, 6.07) is 0. The van der Waals surface area contributed by atoms with Crippen molar-refractivity contribution in [3.05, 3.63) is 17.1 Å². The van der Waals surface area contributed by atoms with E-state index >= 15 is 0 Å². The molecule has 1 unspecified atom stereocenters. The van der Waals surface area contributed by atoms with Crippen LogP contribution in [-0.2, 0) is 4.74 Å². The summed E-state index contributed by atoms with van der Waals surface area (Å²) in [6.07, 6.45) is 3.13. The zero-order valence-electron chi connectivity index (χ0n) is 12.9. The molecule has 0 spiro atoms. The second-order valence-corrected chi connectivity index (χ2v) is 4.80. The van der Waals surface area contributed by atoms with Gasteiger partial charge in [0, 0.05) is 24.4 Å². The van der Waals surface area contributed by atoms with Crippen molar-refractivity contribution in [2.45, 2.75) is 60.0 Å². The fourth-order valence-electron chi connectivity index (χ4n) is 1.96. The van der Waals surface area contributed by atoms with Crippen LogP contribution in [0.25, 0.3) is 0 Å². The van der Waals surface area contributed by atoms with Gasteiger partial charge in [-0.15, -0.1) is 0 Å². The molecule has 1 rings (SSSR count). The van der Waals surface area contributed by atoms with Gasteiger partial charge in [0.05, 0.1) is 0 Å². The first-order valence-electron chi connectivity index (χ1n) is 7.34. The molecule has 0 amide bonds. The molecule has 0 aliphatic carbocycles.